The molecule has 0 aliphatic carbocycles. The van der Waals surface area contributed by atoms with E-state index < -0.39 is 0 Å². The fraction of sp³-hybridized carbons (Fsp3) is 0.364. The molecule has 15 heavy (non-hydrogen) atoms. The highest BCUT2D eigenvalue weighted by Gasteiger charge is 2.12. The van der Waals surface area contributed by atoms with Gasteiger partial charge in [-0.15, -0.1) is 10.2 Å². The van der Waals surface area contributed by atoms with Crippen molar-refractivity contribution in [2.45, 2.75) is 19.8 Å². The third-order valence-corrected chi connectivity index (χ3v) is 2.34. The Morgan fingerprint density at radius 1 is 1.27 bits per heavy atom. The van der Waals surface area contributed by atoms with Gasteiger partial charge >= 0.3 is 0 Å². The monoisotopic (exact) mass is 202 g/mol. The summed E-state index contributed by atoms with van der Waals surface area (Å²) in [7, 11) is 1.98. The van der Waals surface area contributed by atoms with Crippen LogP contribution in [0.3, 0.4) is 0 Å². The Bertz CT molecular complexity index is 445. The summed E-state index contributed by atoms with van der Waals surface area (Å²) in [6.07, 6.45) is 3.55. The zero-order chi connectivity index (χ0) is 10.8. The third kappa shape index (κ3) is 1.75. The first-order chi connectivity index (χ1) is 7.20. The maximum Gasteiger partial charge on any atom is 0.165 e. The van der Waals surface area contributed by atoms with E-state index in [4.69, 9.17) is 0 Å². The lowest BCUT2D eigenvalue weighted by Gasteiger charge is -2.05. The van der Waals surface area contributed by atoms with Gasteiger partial charge in [0.2, 0.25) is 0 Å². The lowest BCUT2D eigenvalue weighted by molar-refractivity contribution is 0.711. The van der Waals surface area contributed by atoms with Crippen LogP contribution in [0, 0.1) is 0 Å². The molecule has 4 heteroatoms. The standard InChI is InChI=1S/C11H14N4/c1-8(2)10-13-14-11(15(10)3)9-5-4-6-12-7-9/h4-8H,1-3H3. The smallest absolute Gasteiger partial charge is 0.165 e. The van der Waals surface area contributed by atoms with Gasteiger partial charge < -0.3 is 4.57 Å². The molecular weight excluding hydrogens is 188 g/mol. The van der Waals surface area contributed by atoms with Crippen LogP contribution in [0.2, 0.25) is 0 Å². The Kier molecular flexibility index (Phi) is 2.49. The van der Waals surface area contributed by atoms with E-state index in [2.05, 4.69) is 29.0 Å². The maximum atomic E-state index is 4.18. The predicted molar refractivity (Wildman–Crippen MR) is 58.3 cm³/mol. The molecule has 0 radical (unpaired) electrons. The number of hydrogen-bond donors (Lipinski definition) is 0. The molecular formula is C11H14N4. The molecule has 4 nitrogen and oxygen atoms in total. The average Bonchev–Trinajstić information content (AvgIpc) is 2.61. The van der Waals surface area contributed by atoms with Crippen molar-refractivity contribution in [1.82, 2.24) is 19.7 Å². The first kappa shape index (κ1) is 9.83. The Morgan fingerprint density at radius 3 is 2.60 bits per heavy atom. The van der Waals surface area contributed by atoms with Crippen molar-refractivity contribution in [2.75, 3.05) is 0 Å². The van der Waals surface area contributed by atoms with E-state index >= 15 is 0 Å². The predicted octanol–water partition coefficient (Wildman–Crippen LogP) is 2.00. The Balaban J connectivity index is 2.47. The summed E-state index contributed by atoms with van der Waals surface area (Å²) >= 11 is 0. The first-order valence-electron chi connectivity index (χ1n) is 5.00. The van der Waals surface area contributed by atoms with Crippen LogP contribution in [0.1, 0.15) is 25.6 Å². The highest BCUT2D eigenvalue weighted by atomic mass is 15.3. The minimum absolute atomic E-state index is 0.382. The van der Waals surface area contributed by atoms with Crippen molar-refractivity contribution in [3.05, 3.63) is 30.4 Å². The SMILES string of the molecule is CC(C)c1nnc(-c2cccnc2)n1C. The Hall–Kier alpha value is -1.71. The highest BCUT2D eigenvalue weighted by molar-refractivity contribution is 5.53. The number of aromatic nitrogens is 4. The molecule has 2 heterocycles. The van der Waals surface area contributed by atoms with E-state index in [9.17, 15) is 0 Å². The summed E-state index contributed by atoms with van der Waals surface area (Å²) in [6, 6.07) is 3.89. The van der Waals surface area contributed by atoms with Gasteiger partial charge in [0.15, 0.2) is 5.82 Å². The maximum absolute atomic E-state index is 4.18. The Labute approximate surface area is 89.0 Å². The van der Waals surface area contributed by atoms with Crippen LogP contribution in [-0.2, 0) is 7.05 Å². The number of hydrogen-bond acceptors (Lipinski definition) is 3. The molecule has 0 saturated heterocycles. The quantitative estimate of drug-likeness (QED) is 0.748. The fourth-order valence-electron chi connectivity index (χ4n) is 1.59. The topological polar surface area (TPSA) is 43.6 Å². The largest absolute Gasteiger partial charge is 0.314 e. The van der Waals surface area contributed by atoms with Gasteiger partial charge in [-0.05, 0) is 12.1 Å². The summed E-state index contributed by atoms with van der Waals surface area (Å²) in [5.41, 5.74) is 0.999. The molecule has 0 unspecified atom stereocenters. The minimum atomic E-state index is 0.382. The van der Waals surface area contributed by atoms with Crippen molar-refractivity contribution in [1.29, 1.82) is 0 Å². The van der Waals surface area contributed by atoms with Gasteiger partial charge in [-0.1, -0.05) is 13.8 Å². The van der Waals surface area contributed by atoms with E-state index in [1.54, 1.807) is 12.4 Å². The average molecular weight is 202 g/mol. The van der Waals surface area contributed by atoms with Crippen LogP contribution in [0.25, 0.3) is 11.4 Å². The molecule has 2 aromatic heterocycles. The zero-order valence-electron chi connectivity index (χ0n) is 9.18. The molecule has 2 rings (SSSR count). The molecule has 0 atom stereocenters. The normalized spacial score (nSPS) is 10.9. The first-order valence-corrected chi connectivity index (χ1v) is 5.00. The van der Waals surface area contributed by atoms with Crippen LogP contribution in [-0.4, -0.2) is 19.7 Å². The van der Waals surface area contributed by atoms with Gasteiger partial charge in [-0.3, -0.25) is 4.98 Å². The van der Waals surface area contributed by atoms with Gasteiger partial charge in [0.1, 0.15) is 5.82 Å². The van der Waals surface area contributed by atoms with Crippen molar-refractivity contribution >= 4 is 0 Å². The molecule has 0 spiro atoms. The van der Waals surface area contributed by atoms with Gasteiger partial charge in [0.05, 0.1) is 0 Å². The summed E-state index contributed by atoms with van der Waals surface area (Å²) in [4.78, 5) is 4.08. The zero-order valence-corrected chi connectivity index (χ0v) is 9.18. The van der Waals surface area contributed by atoms with E-state index in [1.807, 2.05) is 23.7 Å². The van der Waals surface area contributed by atoms with Crippen molar-refractivity contribution in [3.63, 3.8) is 0 Å². The summed E-state index contributed by atoms with van der Waals surface area (Å²) in [5, 5.41) is 8.36. The van der Waals surface area contributed by atoms with E-state index in [0.29, 0.717) is 5.92 Å². The van der Waals surface area contributed by atoms with Gasteiger partial charge in [0, 0.05) is 30.9 Å². The van der Waals surface area contributed by atoms with E-state index in [1.165, 1.54) is 0 Å². The van der Waals surface area contributed by atoms with Crippen LogP contribution in [0.15, 0.2) is 24.5 Å². The number of pyridine rings is 1. The molecule has 0 aliphatic heterocycles. The van der Waals surface area contributed by atoms with Crippen LogP contribution < -0.4 is 0 Å². The Morgan fingerprint density at radius 2 is 2.07 bits per heavy atom. The number of rotatable bonds is 2. The minimum Gasteiger partial charge on any atom is -0.314 e. The second-order valence-electron chi connectivity index (χ2n) is 3.84. The van der Waals surface area contributed by atoms with Crippen LogP contribution in [0.4, 0.5) is 0 Å². The van der Waals surface area contributed by atoms with Gasteiger partial charge in [-0.2, -0.15) is 0 Å². The molecule has 2 aromatic rings. The highest BCUT2D eigenvalue weighted by Crippen LogP contribution is 2.19. The number of nitrogens with zero attached hydrogens (tertiary/aromatic N) is 4. The lowest BCUT2D eigenvalue weighted by atomic mass is 10.2. The molecule has 0 N–H and O–H groups in total. The fourth-order valence-corrected chi connectivity index (χ4v) is 1.59. The van der Waals surface area contributed by atoms with Crippen molar-refractivity contribution in [3.8, 4) is 11.4 Å². The molecule has 0 aliphatic rings. The summed E-state index contributed by atoms with van der Waals surface area (Å²) in [6.45, 7) is 4.22. The van der Waals surface area contributed by atoms with Crippen molar-refractivity contribution in [2.24, 2.45) is 7.05 Å². The summed E-state index contributed by atoms with van der Waals surface area (Å²) < 4.78 is 2.02. The second-order valence-corrected chi connectivity index (χ2v) is 3.84. The molecule has 0 fully saturated rings. The van der Waals surface area contributed by atoms with Crippen LogP contribution >= 0.6 is 0 Å². The molecule has 0 bridgehead atoms. The van der Waals surface area contributed by atoms with Crippen molar-refractivity contribution < 1.29 is 0 Å². The third-order valence-electron chi connectivity index (χ3n) is 2.34. The summed E-state index contributed by atoms with van der Waals surface area (Å²) in [5.74, 6) is 2.24. The van der Waals surface area contributed by atoms with Gasteiger partial charge in [-0.25, -0.2) is 0 Å². The second kappa shape index (κ2) is 3.81. The van der Waals surface area contributed by atoms with E-state index in [0.717, 1.165) is 17.2 Å². The molecule has 0 saturated carbocycles. The molecule has 78 valence electrons. The van der Waals surface area contributed by atoms with E-state index in [-0.39, 0.29) is 0 Å². The lowest BCUT2D eigenvalue weighted by Crippen LogP contribution is -2.01. The van der Waals surface area contributed by atoms with Gasteiger partial charge in [0.25, 0.3) is 0 Å². The van der Waals surface area contributed by atoms with Crippen LogP contribution in [0.5, 0.6) is 0 Å². The molecule has 0 amide bonds. The molecule has 0 aromatic carbocycles.